The number of hydrogen-bond acceptors (Lipinski definition) is 3. The predicted octanol–water partition coefficient (Wildman–Crippen LogP) is 2.29. The van der Waals surface area contributed by atoms with Gasteiger partial charge in [0.1, 0.15) is 0 Å². The number of hydrogen-bond donors (Lipinski definition) is 1. The highest BCUT2D eigenvalue weighted by molar-refractivity contribution is 6.30. The molecule has 1 heterocycles. The summed E-state index contributed by atoms with van der Waals surface area (Å²) in [5, 5.41) is 5.06. The zero-order valence-corrected chi connectivity index (χ0v) is 10.6. The van der Waals surface area contributed by atoms with Crippen molar-refractivity contribution in [2.24, 2.45) is 7.05 Å². The van der Waals surface area contributed by atoms with E-state index in [2.05, 4.69) is 5.10 Å². The molecule has 0 radical (unpaired) electrons. The van der Waals surface area contributed by atoms with E-state index in [4.69, 9.17) is 17.3 Å². The SMILES string of the molecule is CN(Cc1ccc(Cl)cc1)c1nn(C)cc1N. The van der Waals surface area contributed by atoms with E-state index in [1.54, 1.807) is 10.9 Å². The number of nitrogen functional groups attached to an aromatic ring is 1. The molecule has 0 fully saturated rings. The summed E-state index contributed by atoms with van der Waals surface area (Å²) in [6.45, 7) is 0.748. The first-order valence-corrected chi connectivity index (χ1v) is 5.69. The van der Waals surface area contributed by atoms with E-state index in [1.807, 2.05) is 43.3 Å². The summed E-state index contributed by atoms with van der Waals surface area (Å²) in [6.07, 6.45) is 1.80. The quantitative estimate of drug-likeness (QED) is 0.909. The fourth-order valence-electron chi connectivity index (χ4n) is 1.73. The lowest BCUT2D eigenvalue weighted by Crippen LogP contribution is -2.18. The van der Waals surface area contributed by atoms with Crippen LogP contribution in [-0.4, -0.2) is 16.8 Å². The highest BCUT2D eigenvalue weighted by Gasteiger charge is 2.09. The van der Waals surface area contributed by atoms with Crippen LogP contribution >= 0.6 is 11.6 Å². The second-order valence-corrected chi connectivity index (χ2v) is 4.50. The van der Waals surface area contributed by atoms with E-state index in [9.17, 15) is 0 Å². The molecule has 0 spiro atoms. The molecule has 5 heteroatoms. The Morgan fingerprint density at radius 1 is 1.35 bits per heavy atom. The first-order valence-electron chi connectivity index (χ1n) is 5.31. The Hall–Kier alpha value is -1.68. The van der Waals surface area contributed by atoms with Crippen LogP contribution in [0.1, 0.15) is 5.56 Å². The molecule has 0 aliphatic carbocycles. The number of aromatic nitrogens is 2. The number of nitrogens with two attached hydrogens (primary N) is 1. The number of aryl methyl sites for hydroxylation is 1. The maximum atomic E-state index is 5.87. The van der Waals surface area contributed by atoms with Gasteiger partial charge in [0, 0.05) is 31.9 Å². The topological polar surface area (TPSA) is 47.1 Å². The van der Waals surface area contributed by atoms with Crippen LogP contribution in [-0.2, 0) is 13.6 Å². The van der Waals surface area contributed by atoms with Gasteiger partial charge in [0.15, 0.2) is 5.82 Å². The Kier molecular flexibility index (Phi) is 3.24. The molecule has 2 N–H and O–H groups in total. The number of benzene rings is 1. The van der Waals surface area contributed by atoms with Gasteiger partial charge < -0.3 is 10.6 Å². The summed E-state index contributed by atoms with van der Waals surface area (Å²) in [5.74, 6) is 0.794. The monoisotopic (exact) mass is 250 g/mol. The van der Waals surface area contributed by atoms with Gasteiger partial charge in [-0.05, 0) is 17.7 Å². The van der Waals surface area contributed by atoms with E-state index >= 15 is 0 Å². The van der Waals surface area contributed by atoms with Gasteiger partial charge in [0.05, 0.1) is 5.69 Å². The lowest BCUT2D eigenvalue weighted by molar-refractivity contribution is 0.752. The molecule has 0 saturated heterocycles. The highest BCUT2D eigenvalue weighted by atomic mass is 35.5. The molecule has 0 amide bonds. The van der Waals surface area contributed by atoms with E-state index < -0.39 is 0 Å². The lowest BCUT2D eigenvalue weighted by atomic mass is 10.2. The molecule has 0 bridgehead atoms. The van der Waals surface area contributed by atoms with Crippen LogP contribution in [0, 0.1) is 0 Å². The highest BCUT2D eigenvalue weighted by Crippen LogP contribution is 2.21. The molecule has 2 aromatic rings. The van der Waals surface area contributed by atoms with Crippen molar-refractivity contribution in [2.75, 3.05) is 17.7 Å². The molecule has 0 aliphatic rings. The molecule has 0 saturated carbocycles. The number of halogens is 1. The van der Waals surface area contributed by atoms with Crippen molar-refractivity contribution in [1.29, 1.82) is 0 Å². The molecule has 2 rings (SSSR count). The largest absolute Gasteiger partial charge is 0.394 e. The standard InChI is InChI=1S/C12H15ClN4/c1-16(12-11(14)8-17(2)15-12)7-9-3-5-10(13)6-4-9/h3-6,8H,7,14H2,1-2H3. The summed E-state index contributed by atoms with van der Waals surface area (Å²) in [5.41, 5.74) is 7.73. The summed E-state index contributed by atoms with van der Waals surface area (Å²) in [7, 11) is 3.82. The van der Waals surface area contributed by atoms with Crippen molar-refractivity contribution in [2.45, 2.75) is 6.54 Å². The number of anilines is 2. The van der Waals surface area contributed by atoms with Crippen LogP contribution in [0.15, 0.2) is 30.5 Å². The van der Waals surface area contributed by atoms with Gasteiger partial charge in [-0.25, -0.2) is 0 Å². The molecule has 0 atom stereocenters. The third-order valence-electron chi connectivity index (χ3n) is 2.53. The van der Waals surface area contributed by atoms with Gasteiger partial charge in [0.25, 0.3) is 0 Å². The first kappa shape index (κ1) is 11.8. The Balaban J connectivity index is 2.14. The second-order valence-electron chi connectivity index (χ2n) is 4.06. The summed E-state index contributed by atoms with van der Waals surface area (Å²) >= 11 is 5.84. The molecule has 4 nitrogen and oxygen atoms in total. The average Bonchev–Trinajstić information content (AvgIpc) is 2.61. The van der Waals surface area contributed by atoms with Gasteiger partial charge in [-0.1, -0.05) is 23.7 Å². The molecule has 0 unspecified atom stereocenters. The molecular formula is C12H15ClN4. The predicted molar refractivity (Wildman–Crippen MR) is 71.2 cm³/mol. The number of nitrogens with zero attached hydrogens (tertiary/aromatic N) is 3. The zero-order valence-electron chi connectivity index (χ0n) is 9.89. The zero-order chi connectivity index (χ0) is 12.4. The van der Waals surface area contributed by atoms with Gasteiger partial charge in [-0.3, -0.25) is 4.68 Å². The Labute approximate surface area is 106 Å². The fourth-order valence-corrected chi connectivity index (χ4v) is 1.86. The van der Waals surface area contributed by atoms with Crippen LogP contribution in [0.5, 0.6) is 0 Å². The lowest BCUT2D eigenvalue weighted by Gasteiger charge is -2.17. The van der Waals surface area contributed by atoms with Gasteiger partial charge in [-0.15, -0.1) is 0 Å². The van der Waals surface area contributed by atoms with E-state index in [0.717, 1.165) is 17.4 Å². The maximum absolute atomic E-state index is 5.87. The first-order chi connectivity index (χ1) is 8.06. The van der Waals surface area contributed by atoms with Crippen molar-refractivity contribution in [3.8, 4) is 0 Å². The third kappa shape index (κ3) is 2.71. The molecular weight excluding hydrogens is 236 g/mol. The minimum atomic E-state index is 0.684. The Morgan fingerprint density at radius 2 is 2.00 bits per heavy atom. The van der Waals surface area contributed by atoms with Crippen molar-refractivity contribution >= 4 is 23.1 Å². The molecule has 17 heavy (non-hydrogen) atoms. The van der Waals surface area contributed by atoms with Crippen molar-refractivity contribution in [1.82, 2.24) is 9.78 Å². The van der Waals surface area contributed by atoms with Crippen LogP contribution in [0.4, 0.5) is 11.5 Å². The summed E-state index contributed by atoms with van der Waals surface area (Å²) in [6, 6.07) is 7.76. The Morgan fingerprint density at radius 3 is 2.53 bits per heavy atom. The summed E-state index contributed by atoms with van der Waals surface area (Å²) in [4.78, 5) is 2.01. The Bertz CT molecular complexity index is 504. The van der Waals surface area contributed by atoms with Crippen LogP contribution in [0.3, 0.4) is 0 Å². The van der Waals surface area contributed by atoms with Crippen molar-refractivity contribution in [3.63, 3.8) is 0 Å². The molecule has 90 valence electrons. The van der Waals surface area contributed by atoms with Crippen molar-refractivity contribution < 1.29 is 0 Å². The molecule has 1 aromatic heterocycles. The third-order valence-corrected chi connectivity index (χ3v) is 2.78. The van der Waals surface area contributed by atoms with Crippen molar-refractivity contribution in [3.05, 3.63) is 41.0 Å². The van der Waals surface area contributed by atoms with E-state index in [0.29, 0.717) is 5.69 Å². The van der Waals surface area contributed by atoms with Crippen LogP contribution in [0.25, 0.3) is 0 Å². The van der Waals surface area contributed by atoms with Gasteiger partial charge in [-0.2, -0.15) is 5.10 Å². The van der Waals surface area contributed by atoms with E-state index in [1.165, 1.54) is 5.56 Å². The average molecular weight is 251 g/mol. The van der Waals surface area contributed by atoms with Gasteiger partial charge >= 0.3 is 0 Å². The van der Waals surface area contributed by atoms with Crippen LogP contribution in [0.2, 0.25) is 5.02 Å². The fraction of sp³-hybridized carbons (Fsp3) is 0.250. The molecule has 1 aromatic carbocycles. The van der Waals surface area contributed by atoms with Gasteiger partial charge in [0.2, 0.25) is 0 Å². The molecule has 0 aliphatic heterocycles. The normalized spacial score (nSPS) is 10.5. The van der Waals surface area contributed by atoms with E-state index in [-0.39, 0.29) is 0 Å². The minimum Gasteiger partial charge on any atom is -0.394 e. The second kappa shape index (κ2) is 4.67. The maximum Gasteiger partial charge on any atom is 0.173 e. The smallest absolute Gasteiger partial charge is 0.173 e. The number of rotatable bonds is 3. The minimum absolute atomic E-state index is 0.684. The summed E-state index contributed by atoms with van der Waals surface area (Å²) < 4.78 is 1.71. The van der Waals surface area contributed by atoms with Crippen LogP contribution < -0.4 is 10.6 Å².